The topological polar surface area (TPSA) is 78.9 Å². The van der Waals surface area contributed by atoms with Crippen molar-refractivity contribution >= 4 is 17.9 Å². The van der Waals surface area contributed by atoms with E-state index in [1.807, 2.05) is 0 Å². The van der Waals surface area contributed by atoms with Crippen LogP contribution in [-0.2, 0) is 28.6 Å². The number of allylic oxidation sites excluding steroid dienone is 22. The molecular formula is C77H128O6. The molecule has 0 spiro atoms. The summed E-state index contributed by atoms with van der Waals surface area (Å²) in [6, 6.07) is 0. The van der Waals surface area contributed by atoms with E-state index in [-0.39, 0.29) is 37.5 Å². The van der Waals surface area contributed by atoms with Gasteiger partial charge in [-0.3, -0.25) is 14.4 Å². The molecule has 0 fully saturated rings. The Balaban J connectivity index is 4.20. The van der Waals surface area contributed by atoms with Crippen molar-refractivity contribution in [2.75, 3.05) is 13.2 Å². The third-order valence-corrected chi connectivity index (χ3v) is 14.6. The van der Waals surface area contributed by atoms with Crippen LogP contribution < -0.4 is 0 Å². The lowest BCUT2D eigenvalue weighted by molar-refractivity contribution is -0.167. The van der Waals surface area contributed by atoms with Crippen molar-refractivity contribution in [1.29, 1.82) is 0 Å². The summed E-state index contributed by atoms with van der Waals surface area (Å²) in [5, 5.41) is 0. The number of hydrogen-bond donors (Lipinski definition) is 0. The van der Waals surface area contributed by atoms with E-state index in [1.54, 1.807) is 0 Å². The summed E-state index contributed by atoms with van der Waals surface area (Å²) in [4.78, 5) is 38.1. The number of hydrogen-bond acceptors (Lipinski definition) is 6. The Morgan fingerprint density at radius 3 is 0.783 bits per heavy atom. The molecule has 0 rings (SSSR count). The van der Waals surface area contributed by atoms with Crippen molar-refractivity contribution in [2.45, 2.75) is 322 Å². The first-order valence-corrected chi connectivity index (χ1v) is 34.7. The summed E-state index contributed by atoms with van der Waals surface area (Å²) in [5.74, 6) is -0.960. The molecule has 83 heavy (non-hydrogen) atoms. The van der Waals surface area contributed by atoms with E-state index in [9.17, 15) is 14.4 Å². The molecule has 0 aromatic heterocycles. The monoisotopic (exact) mass is 1150 g/mol. The first-order chi connectivity index (χ1) is 41.0. The molecule has 0 radical (unpaired) electrons. The number of unbranched alkanes of at least 4 members (excludes halogenated alkanes) is 29. The molecule has 0 amide bonds. The van der Waals surface area contributed by atoms with Gasteiger partial charge >= 0.3 is 17.9 Å². The lowest BCUT2D eigenvalue weighted by Crippen LogP contribution is -2.30. The van der Waals surface area contributed by atoms with Crippen LogP contribution in [0.5, 0.6) is 0 Å². The molecule has 0 saturated heterocycles. The number of ether oxygens (including phenoxy) is 3. The summed E-state index contributed by atoms with van der Waals surface area (Å²) in [5.41, 5.74) is 0. The van der Waals surface area contributed by atoms with Gasteiger partial charge in [0.05, 0.1) is 0 Å². The van der Waals surface area contributed by atoms with Gasteiger partial charge in [0.25, 0.3) is 0 Å². The highest BCUT2D eigenvalue weighted by molar-refractivity contribution is 5.71. The molecule has 0 bridgehead atoms. The number of carbonyl (C=O) groups excluding carboxylic acids is 3. The van der Waals surface area contributed by atoms with Crippen LogP contribution in [0.4, 0.5) is 0 Å². The third kappa shape index (κ3) is 68.2. The van der Waals surface area contributed by atoms with Gasteiger partial charge in [0.15, 0.2) is 6.10 Å². The molecule has 1 unspecified atom stereocenters. The van der Waals surface area contributed by atoms with E-state index in [4.69, 9.17) is 14.2 Å². The van der Waals surface area contributed by atoms with E-state index in [0.29, 0.717) is 19.3 Å². The first-order valence-electron chi connectivity index (χ1n) is 34.7. The van der Waals surface area contributed by atoms with Crippen LogP contribution in [-0.4, -0.2) is 37.2 Å². The van der Waals surface area contributed by atoms with Gasteiger partial charge in [-0.25, -0.2) is 0 Å². The standard InChI is InChI=1S/C77H128O6/c1-4-7-10-13-16-18-20-22-24-26-28-30-32-34-36-38-40-42-44-46-48-50-52-54-56-58-61-64-67-70-76(79)82-73-74(72-81-75(78)69-66-63-60-15-12-9-6-3)83-77(80)71-68-65-62-59-57-55-53-51-49-47-45-43-41-39-37-35-33-31-29-27-25-23-21-19-17-14-11-8-5-2/h7,10,16,18,21-24,27-30,34,36,40,42,46,48,52,54,58,61,74H,4-6,8-9,11-15,17,19-20,25-26,31-33,35,37-39,41,43-45,47,49-51,53,55-57,59-60,62-73H2,1-3H3/b10-7-,18-16-,23-21-,24-22-,29-27-,30-28-,36-34-,42-40-,48-46-,54-52-,61-58-. The van der Waals surface area contributed by atoms with Crippen LogP contribution in [0.25, 0.3) is 0 Å². The molecule has 6 heteroatoms. The van der Waals surface area contributed by atoms with Crippen LogP contribution in [0.1, 0.15) is 316 Å². The van der Waals surface area contributed by atoms with Crippen LogP contribution in [0.15, 0.2) is 134 Å². The second-order valence-electron chi connectivity index (χ2n) is 22.7. The summed E-state index contributed by atoms with van der Waals surface area (Å²) < 4.78 is 16.8. The molecule has 0 saturated carbocycles. The highest BCUT2D eigenvalue weighted by atomic mass is 16.6. The third-order valence-electron chi connectivity index (χ3n) is 14.6. The molecule has 0 heterocycles. The van der Waals surface area contributed by atoms with Gasteiger partial charge in [-0.1, -0.05) is 315 Å². The quantitative estimate of drug-likeness (QED) is 0.0261. The Hall–Kier alpha value is -4.45. The van der Waals surface area contributed by atoms with E-state index < -0.39 is 6.10 Å². The zero-order valence-corrected chi connectivity index (χ0v) is 54.2. The Bertz CT molecular complexity index is 1750. The highest BCUT2D eigenvalue weighted by Crippen LogP contribution is 2.16. The largest absolute Gasteiger partial charge is 0.462 e. The predicted octanol–water partition coefficient (Wildman–Crippen LogP) is 24.1. The molecule has 0 aliphatic heterocycles. The minimum absolute atomic E-state index is 0.0968. The van der Waals surface area contributed by atoms with Crippen LogP contribution in [0.2, 0.25) is 0 Å². The van der Waals surface area contributed by atoms with Gasteiger partial charge in [-0.05, 0) is 116 Å². The van der Waals surface area contributed by atoms with Crippen molar-refractivity contribution in [3.63, 3.8) is 0 Å². The van der Waals surface area contributed by atoms with E-state index in [1.165, 1.54) is 161 Å². The van der Waals surface area contributed by atoms with Crippen LogP contribution in [0, 0.1) is 0 Å². The zero-order valence-electron chi connectivity index (χ0n) is 54.2. The van der Waals surface area contributed by atoms with Gasteiger partial charge in [-0.2, -0.15) is 0 Å². The van der Waals surface area contributed by atoms with Gasteiger partial charge in [0.1, 0.15) is 13.2 Å². The maximum atomic E-state index is 12.9. The number of carbonyl (C=O) groups is 3. The lowest BCUT2D eigenvalue weighted by atomic mass is 10.0. The van der Waals surface area contributed by atoms with Gasteiger partial charge in [-0.15, -0.1) is 0 Å². The average Bonchev–Trinajstić information content (AvgIpc) is 3.49. The highest BCUT2D eigenvalue weighted by Gasteiger charge is 2.19. The predicted molar refractivity (Wildman–Crippen MR) is 362 cm³/mol. The van der Waals surface area contributed by atoms with Gasteiger partial charge in [0, 0.05) is 19.3 Å². The van der Waals surface area contributed by atoms with Crippen LogP contribution >= 0.6 is 0 Å². The van der Waals surface area contributed by atoms with Crippen molar-refractivity contribution in [1.82, 2.24) is 0 Å². The van der Waals surface area contributed by atoms with E-state index in [0.717, 1.165) is 109 Å². The average molecular weight is 1150 g/mol. The Morgan fingerprint density at radius 2 is 0.482 bits per heavy atom. The fraction of sp³-hybridized carbons (Fsp3) is 0.675. The Kier molecular flexibility index (Phi) is 66.3. The second kappa shape index (κ2) is 70.0. The molecule has 0 aromatic rings. The van der Waals surface area contributed by atoms with Crippen molar-refractivity contribution in [3.8, 4) is 0 Å². The smallest absolute Gasteiger partial charge is 0.306 e. The molecule has 472 valence electrons. The summed E-state index contributed by atoms with van der Waals surface area (Å²) >= 11 is 0. The molecule has 0 aromatic carbocycles. The molecule has 0 N–H and O–H groups in total. The first kappa shape index (κ1) is 78.5. The minimum atomic E-state index is -0.803. The summed E-state index contributed by atoms with van der Waals surface area (Å²) in [6.45, 7) is 6.44. The number of rotatable bonds is 62. The van der Waals surface area contributed by atoms with Crippen molar-refractivity contribution < 1.29 is 28.6 Å². The summed E-state index contributed by atoms with van der Waals surface area (Å²) in [7, 11) is 0. The molecular weight excluding hydrogens is 1020 g/mol. The van der Waals surface area contributed by atoms with E-state index in [2.05, 4.69) is 154 Å². The fourth-order valence-corrected chi connectivity index (χ4v) is 9.48. The molecule has 0 aliphatic rings. The van der Waals surface area contributed by atoms with Crippen molar-refractivity contribution in [2.24, 2.45) is 0 Å². The molecule has 0 aliphatic carbocycles. The molecule has 6 nitrogen and oxygen atoms in total. The Labute approximate surface area is 513 Å². The second-order valence-corrected chi connectivity index (χ2v) is 22.7. The normalized spacial score (nSPS) is 13.0. The fourth-order valence-electron chi connectivity index (χ4n) is 9.48. The lowest BCUT2D eigenvalue weighted by Gasteiger charge is -2.18. The van der Waals surface area contributed by atoms with E-state index >= 15 is 0 Å². The van der Waals surface area contributed by atoms with Crippen LogP contribution in [0.3, 0.4) is 0 Å². The molecule has 1 atom stereocenters. The maximum Gasteiger partial charge on any atom is 0.306 e. The zero-order chi connectivity index (χ0) is 59.9. The minimum Gasteiger partial charge on any atom is -0.462 e. The maximum absolute atomic E-state index is 12.9. The Morgan fingerprint density at radius 1 is 0.253 bits per heavy atom. The number of esters is 3. The summed E-state index contributed by atoms with van der Waals surface area (Å²) in [6.07, 6.45) is 99.4. The van der Waals surface area contributed by atoms with Crippen molar-refractivity contribution in [3.05, 3.63) is 134 Å². The SMILES string of the molecule is CC/C=C\C/C=C\C/C=C\C/C=C\C/C=C\C/C=C\C/C=C\C/C=C\C/C=C\CCCC(=O)OCC(COC(=O)CCCCCCCCC)OC(=O)CCCCCCCCCCCCCCCCCCC/C=C\C/C=C\CCCCCCC. The van der Waals surface area contributed by atoms with Gasteiger partial charge in [0.2, 0.25) is 0 Å². The van der Waals surface area contributed by atoms with Gasteiger partial charge < -0.3 is 14.2 Å².